The predicted molar refractivity (Wildman–Crippen MR) is 72.5 cm³/mol. The smallest absolute Gasteiger partial charge is 0.00915 e. The van der Waals surface area contributed by atoms with Gasteiger partial charge < -0.3 is 0 Å². The maximum absolute atomic E-state index is 4.40. The molecule has 0 N–H and O–H groups in total. The minimum Gasteiger partial charge on any atom is -0.186 e. The van der Waals surface area contributed by atoms with Gasteiger partial charge in [-0.1, -0.05) is 61.3 Å². The van der Waals surface area contributed by atoms with Crippen molar-refractivity contribution in [2.45, 2.75) is 65.9 Å². The largest absolute Gasteiger partial charge is 0.186 e. The fourth-order valence-corrected chi connectivity index (χ4v) is 4.84. The maximum atomic E-state index is 4.40. The summed E-state index contributed by atoms with van der Waals surface area (Å²) < 4.78 is 0. The van der Waals surface area contributed by atoms with Gasteiger partial charge in [0.15, 0.2) is 0 Å². The van der Waals surface area contributed by atoms with Crippen molar-refractivity contribution in [3.63, 3.8) is 0 Å². The zero-order valence-corrected chi connectivity index (χ0v) is 12.1. The summed E-state index contributed by atoms with van der Waals surface area (Å²) in [6.07, 6.45) is 0. The Hall–Kier alpha value is 0.220. The van der Waals surface area contributed by atoms with E-state index < -0.39 is 0 Å². The minimum absolute atomic E-state index is 0.252. The molecular weight excluding hydrogens is 188 g/mol. The summed E-state index contributed by atoms with van der Waals surface area (Å²) in [5, 5.41) is 1.38. The first-order valence-electron chi connectivity index (χ1n) is 5.49. The molecule has 0 bridgehead atoms. The fourth-order valence-electron chi connectivity index (χ4n) is 2.48. The molecule has 0 aliphatic rings. The van der Waals surface area contributed by atoms with Crippen molar-refractivity contribution < 1.29 is 0 Å². The van der Waals surface area contributed by atoms with E-state index in [4.69, 9.17) is 0 Å². The molecular formula is C13H28S. The molecule has 0 amide bonds. The summed E-state index contributed by atoms with van der Waals surface area (Å²) in [5.74, 6) is 4.40. The Balaban J connectivity index is 5.05. The van der Waals surface area contributed by atoms with E-state index in [-0.39, 0.29) is 10.5 Å². The Bertz CT molecular complexity index is 186. The molecule has 0 aromatic rings. The van der Waals surface area contributed by atoms with Gasteiger partial charge in [0.25, 0.3) is 0 Å². The van der Waals surface area contributed by atoms with Crippen molar-refractivity contribution >= 4 is 16.4 Å². The first-order chi connectivity index (χ1) is 5.98. The van der Waals surface area contributed by atoms with E-state index in [1.54, 1.807) is 0 Å². The molecule has 0 heterocycles. The van der Waals surface area contributed by atoms with E-state index in [2.05, 4.69) is 61.3 Å². The highest BCUT2D eigenvalue weighted by atomic mass is 32.2. The topological polar surface area (TPSA) is 0 Å². The Kier molecular flexibility index (Phi) is 4.45. The van der Waals surface area contributed by atoms with E-state index >= 15 is 0 Å². The molecule has 0 saturated heterocycles. The van der Waals surface area contributed by atoms with E-state index in [1.165, 1.54) is 0 Å². The third kappa shape index (κ3) is 3.76. The lowest BCUT2D eigenvalue weighted by atomic mass is 9.77. The van der Waals surface area contributed by atoms with Gasteiger partial charge in [-0.3, -0.25) is 0 Å². The van der Waals surface area contributed by atoms with Crippen LogP contribution >= 0.6 is 10.5 Å². The van der Waals surface area contributed by atoms with Gasteiger partial charge in [-0.15, -0.1) is 0 Å². The second-order valence-corrected chi connectivity index (χ2v) is 8.98. The lowest BCUT2D eigenvalue weighted by Gasteiger charge is -2.44. The van der Waals surface area contributed by atoms with Crippen LogP contribution in [0.2, 0.25) is 0 Å². The number of rotatable bonds is 2. The van der Waals surface area contributed by atoms with Crippen LogP contribution in [0, 0.1) is 10.8 Å². The summed E-state index contributed by atoms with van der Waals surface area (Å²) in [4.78, 5) is 0. The molecule has 0 fully saturated rings. The van der Waals surface area contributed by atoms with Crippen molar-refractivity contribution in [2.24, 2.45) is 10.8 Å². The maximum Gasteiger partial charge on any atom is 0.00915 e. The van der Waals surface area contributed by atoms with Gasteiger partial charge >= 0.3 is 0 Å². The first kappa shape index (κ1) is 14.2. The van der Waals surface area contributed by atoms with Crippen LogP contribution in [0.3, 0.4) is 0 Å². The third-order valence-electron chi connectivity index (χ3n) is 2.48. The zero-order chi connectivity index (χ0) is 11.7. The Morgan fingerprint density at radius 2 is 1.14 bits per heavy atom. The van der Waals surface area contributed by atoms with Crippen LogP contribution in [-0.4, -0.2) is 16.4 Å². The van der Waals surface area contributed by atoms with E-state index in [9.17, 15) is 0 Å². The van der Waals surface area contributed by atoms with Crippen LogP contribution in [0.1, 0.15) is 55.4 Å². The zero-order valence-electron chi connectivity index (χ0n) is 11.3. The molecule has 0 spiro atoms. The Morgan fingerprint density at radius 3 is 1.21 bits per heavy atom. The normalized spacial score (nSPS) is 16.4. The van der Waals surface area contributed by atoms with Crippen LogP contribution in [0.25, 0.3) is 0 Å². The van der Waals surface area contributed by atoms with Crippen molar-refractivity contribution in [1.29, 1.82) is 0 Å². The van der Waals surface area contributed by atoms with Gasteiger partial charge in [-0.25, -0.2) is 0 Å². The van der Waals surface area contributed by atoms with Crippen LogP contribution < -0.4 is 0 Å². The SMILES string of the molecule is C=S(C(C)C)C(C(C)(C)C)C(C)(C)C. The molecule has 1 unspecified atom stereocenters. The molecule has 0 nitrogen and oxygen atoms in total. The van der Waals surface area contributed by atoms with Crippen molar-refractivity contribution in [1.82, 2.24) is 0 Å². The molecule has 1 atom stereocenters. The molecule has 0 aliphatic carbocycles. The van der Waals surface area contributed by atoms with Gasteiger partial charge in [-0.05, 0) is 16.1 Å². The highest BCUT2D eigenvalue weighted by Crippen LogP contribution is 2.46. The Morgan fingerprint density at radius 1 is 0.857 bits per heavy atom. The average Bonchev–Trinajstić information content (AvgIpc) is 1.79. The summed E-state index contributed by atoms with van der Waals surface area (Å²) in [6.45, 7) is 18.6. The predicted octanol–water partition coefficient (Wildman–Crippen LogP) is 4.56. The van der Waals surface area contributed by atoms with E-state index in [0.29, 0.717) is 21.3 Å². The molecule has 0 aromatic heterocycles. The summed E-state index contributed by atoms with van der Waals surface area (Å²) in [5.41, 5.74) is 0.709. The van der Waals surface area contributed by atoms with Gasteiger partial charge in [0.1, 0.15) is 0 Å². The lowest BCUT2D eigenvalue weighted by molar-refractivity contribution is 0.248. The van der Waals surface area contributed by atoms with Gasteiger partial charge in [0, 0.05) is 5.25 Å². The standard InChI is InChI=1S/C13H28S/c1-10(2)14(9)11(12(3,4)5)13(6,7)8/h10-11H,9H2,1-8H3. The van der Waals surface area contributed by atoms with Crippen LogP contribution in [0.4, 0.5) is 0 Å². The first-order valence-corrected chi connectivity index (χ1v) is 7.01. The number of hydrogen-bond donors (Lipinski definition) is 0. The highest BCUT2D eigenvalue weighted by Gasteiger charge is 2.36. The molecule has 14 heavy (non-hydrogen) atoms. The monoisotopic (exact) mass is 216 g/mol. The molecule has 0 radical (unpaired) electrons. The summed E-state index contributed by atoms with van der Waals surface area (Å²) in [6, 6.07) is 0. The average molecular weight is 216 g/mol. The molecule has 0 aromatic carbocycles. The third-order valence-corrected chi connectivity index (χ3v) is 5.71. The van der Waals surface area contributed by atoms with Gasteiger partial charge in [-0.2, -0.15) is 10.5 Å². The van der Waals surface area contributed by atoms with Gasteiger partial charge in [0.2, 0.25) is 0 Å². The minimum atomic E-state index is 0.252. The second-order valence-electron chi connectivity index (χ2n) is 6.63. The molecule has 0 aliphatic heterocycles. The van der Waals surface area contributed by atoms with Crippen LogP contribution in [0.5, 0.6) is 0 Å². The van der Waals surface area contributed by atoms with Crippen molar-refractivity contribution in [2.75, 3.05) is 0 Å². The fraction of sp³-hybridized carbons (Fsp3) is 0.923. The number of hydrogen-bond acceptors (Lipinski definition) is 0. The second kappa shape index (κ2) is 4.38. The quantitative estimate of drug-likeness (QED) is 0.594. The van der Waals surface area contributed by atoms with Crippen LogP contribution in [0.15, 0.2) is 0 Å². The molecule has 1 heteroatoms. The summed E-state index contributed by atoms with van der Waals surface area (Å²) in [7, 11) is 0.252. The molecule has 86 valence electrons. The summed E-state index contributed by atoms with van der Waals surface area (Å²) >= 11 is 0. The molecule has 0 saturated carbocycles. The van der Waals surface area contributed by atoms with E-state index in [1.807, 2.05) is 0 Å². The van der Waals surface area contributed by atoms with Crippen molar-refractivity contribution in [3.05, 3.63) is 0 Å². The van der Waals surface area contributed by atoms with Crippen molar-refractivity contribution in [3.8, 4) is 0 Å². The van der Waals surface area contributed by atoms with Gasteiger partial charge in [0.05, 0.1) is 0 Å². The molecule has 0 rings (SSSR count). The highest BCUT2D eigenvalue weighted by molar-refractivity contribution is 8.15. The van der Waals surface area contributed by atoms with Crippen LogP contribution in [-0.2, 0) is 0 Å². The Labute approximate surface area is 93.4 Å². The van der Waals surface area contributed by atoms with E-state index in [0.717, 1.165) is 0 Å². The lowest BCUT2D eigenvalue weighted by Crippen LogP contribution is -2.37.